The van der Waals surface area contributed by atoms with Gasteiger partial charge in [-0.1, -0.05) is 11.6 Å². The minimum Gasteiger partial charge on any atom is -0.463 e. The van der Waals surface area contributed by atoms with Crippen LogP contribution in [-0.4, -0.2) is 27.3 Å². The summed E-state index contributed by atoms with van der Waals surface area (Å²) in [6.45, 7) is 1.80. The predicted octanol–water partition coefficient (Wildman–Crippen LogP) is 3.56. The number of pyridine rings is 1. The number of halogens is 3. The standard InChI is InChI=1S/C13H10BrClFN3O2/c1-2-21-12(20)6-9(16)10-7-11(14)18-19(10)13-8(15)4-3-5-17-13/h3-7H,2H2,1H3/b9-6+. The molecule has 21 heavy (non-hydrogen) atoms. The highest BCUT2D eigenvalue weighted by molar-refractivity contribution is 9.10. The molecule has 0 atom stereocenters. The number of hydrogen-bond donors (Lipinski definition) is 0. The van der Waals surface area contributed by atoms with E-state index in [0.29, 0.717) is 9.63 Å². The summed E-state index contributed by atoms with van der Waals surface area (Å²) in [6.07, 6.45) is 2.26. The zero-order valence-corrected chi connectivity index (χ0v) is 13.2. The van der Waals surface area contributed by atoms with Crippen LogP contribution in [0.3, 0.4) is 0 Å². The first kappa shape index (κ1) is 15.7. The van der Waals surface area contributed by atoms with E-state index in [9.17, 15) is 9.18 Å². The van der Waals surface area contributed by atoms with E-state index >= 15 is 0 Å². The molecule has 0 aliphatic rings. The third-order valence-electron chi connectivity index (χ3n) is 2.40. The Labute approximate surface area is 133 Å². The van der Waals surface area contributed by atoms with Gasteiger partial charge in [0.1, 0.15) is 10.3 Å². The fraction of sp³-hybridized carbons (Fsp3) is 0.154. The Morgan fingerprint density at radius 1 is 1.62 bits per heavy atom. The lowest BCUT2D eigenvalue weighted by Gasteiger charge is -2.06. The molecular formula is C13H10BrClFN3O2. The number of ether oxygens (including phenoxy) is 1. The zero-order chi connectivity index (χ0) is 15.4. The molecule has 2 rings (SSSR count). The monoisotopic (exact) mass is 373 g/mol. The number of hydrogen-bond acceptors (Lipinski definition) is 4. The maximum absolute atomic E-state index is 14.2. The first-order chi connectivity index (χ1) is 10.0. The Balaban J connectivity index is 2.47. The van der Waals surface area contributed by atoms with Gasteiger partial charge < -0.3 is 4.74 Å². The van der Waals surface area contributed by atoms with Gasteiger partial charge in [0.05, 0.1) is 17.7 Å². The summed E-state index contributed by atoms with van der Waals surface area (Å²) < 4.78 is 20.5. The molecule has 0 unspecified atom stereocenters. The Bertz CT molecular complexity index is 702. The second-order valence-electron chi connectivity index (χ2n) is 3.82. The normalized spacial score (nSPS) is 11.5. The molecule has 0 amide bonds. The number of carbonyl (C=O) groups is 1. The van der Waals surface area contributed by atoms with Crippen LogP contribution in [0.2, 0.25) is 5.02 Å². The Hall–Kier alpha value is -1.73. The lowest BCUT2D eigenvalue weighted by molar-refractivity contribution is -0.137. The van der Waals surface area contributed by atoms with Crippen molar-refractivity contribution in [3.63, 3.8) is 0 Å². The van der Waals surface area contributed by atoms with Gasteiger partial charge in [-0.25, -0.2) is 18.9 Å². The van der Waals surface area contributed by atoms with Crippen molar-refractivity contribution in [3.8, 4) is 5.82 Å². The Morgan fingerprint density at radius 2 is 2.38 bits per heavy atom. The van der Waals surface area contributed by atoms with Crippen LogP contribution < -0.4 is 0 Å². The van der Waals surface area contributed by atoms with Crippen molar-refractivity contribution in [3.05, 3.63) is 45.8 Å². The number of aromatic nitrogens is 3. The van der Waals surface area contributed by atoms with Crippen LogP contribution >= 0.6 is 27.5 Å². The van der Waals surface area contributed by atoms with Gasteiger partial charge in [0.2, 0.25) is 0 Å². The molecule has 0 saturated heterocycles. The number of esters is 1. The van der Waals surface area contributed by atoms with Crippen LogP contribution in [0.5, 0.6) is 0 Å². The summed E-state index contributed by atoms with van der Waals surface area (Å²) in [5, 5.41) is 4.37. The molecule has 110 valence electrons. The van der Waals surface area contributed by atoms with Crippen molar-refractivity contribution in [1.82, 2.24) is 14.8 Å². The summed E-state index contributed by atoms with van der Waals surface area (Å²) in [5.74, 6) is -1.31. The average Bonchev–Trinajstić information content (AvgIpc) is 2.81. The highest BCUT2D eigenvalue weighted by Crippen LogP contribution is 2.26. The number of carbonyl (C=O) groups excluding carboxylic acids is 1. The van der Waals surface area contributed by atoms with Crippen molar-refractivity contribution in [1.29, 1.82) is 0 Å². The Kier molecular flexibility index (Phi) is 5.08. The molecular weight excluding hydrogens is 365 g/mol. The Morgan fingerprint density at radius 3 is 3.05 bits per heavy atom. The van der Waals surface area contributed by atoms with Crippen molar-refractivity contribution < 1.29 is 13.9 Å². The van der Waals surface area contributed by atoms with E-state index in [1.165, 1.54) is 16.9 Å². The molecule has 0 aromatic carbocycles. The quantitative estimate of drug-likeness (QED) is 0.606. The second kappa shape index (κ2) is 6.82. The van der Waals surface area contributed by atoms with Crippen LogP contribution in [0.15, 0.2) is 35.1 Å². The van der Waals surface area contributed by atoms with Gasteiger partial charge in [-0.15, -0.1) is 0 Å². The van der Waals surface area contributed by atoms with Crippen molar-refractivity contribution in [2.24, 2.45) is 0 Å². The molecule has 0 spiro atoms. The van der Waals surface area contributed by atoms with Gasteiger partial charge in [0.25, 0.3) is 0 Å². The van der Waals surface area contributed by atoms with E-state index in [1.807, 2.05) is 0 Å². The third kappa shape index (κ3) is 3.68. The fourth-order valence-electron chi connectivity index (χ4n) is 1.58. The van der Waals surface area contributed by atoms with Crippen molar-refractivity contribution in [2.45, 2.75) is 6.92 Å². The first-order valence-corrected chi connectivity index (χ1v) is 7.10. The van der Waals surface area contributed by atoms with Gasteiger partial charge in [-0.05, 0) is 35.0 Å². The maximum atomic E-state index is 14.2. The van der Waals surface area contributed by atoms with Gasteiger partial charge in [0.15, 0.2) is 11.6 Å². The molecule has 8 heteroatoms. The average molecular weight is 375 g/mol. The molecule has 0 fully saturated rings. The lowest BCUT2D eigenvalue weighted by Crippen LogP contribution is -2.05. The van der Waals surface area contributed by atoms with E-state index < -0.39 is 11.8 Å². The van der Waals surface area contributed by atoms with E-state index in [1.54, 1.807) is 19.1 Å². The first-order valence-electron chi connectivity index (χ1n) is 5.93. The largest absolute Gasteiger partial charge is 0.463 e. The molecule has 0 radical (unpaired) electrons. The topological polar surface area (TPSA) is 57.0 Å². The minimum atomic E-state index is -0.798. The van der Waals surface area contributed by atoms with Crippen molar-refractivity contribution in [2.75, 3.05) is 6.61 Å². The van der Waals surface area contributed by atoms with Gasteiger partial charge in [0, 0.05) is 12.3 Å². The number of rotatable bonds is 4. The predicted molar refractivity (Wildman–Crippen MR) is 79.8 cm³/mol. The summed E-state index contributed by atoms with van der Waals surface area (Å²) in [5.41, 5.74) is 0.0375. The molecule has 0 saturated carbocycles. The molecule has 0 aliphatic heterocycles. The van der Waals surface area contributed by atoms with Crippen molar-refractivity contribution >= 4 is 39.3 Å². The third-order valence-corrected chi connectivity index (χ3v) is 3.08. The molecule has 5 nitrogen and oxygen atoms in total. The molecule has 2 heterocycles. The van der Waals surface area contributed by atoms with E-state index in [-0.39, 0.29) is 18.1 Å². The highest BCUT2D eigenvalue weighted by Gasteiger charge is 2.17. The summed E-state index contributed by atoms with van der Waals surface area (Å²) in [4.78, 5) is 15.4. The molecule has 0 N–H and O–H groups in total. The van der Waals surface area contributed by atoms with E-state index in [0.717, 1.165) is 6.08 Å². The SMILES string of the molecule is CCOC(=O)/C=C(/F)c1cc(Br)nn1-c1ncccc1Cl. The fourth-order valence-corrected chi connectivity index (χ4v) is 2.16. The minimum absolute atomic E-state index is 0.0375. The van der Waals surface area contributed by atoms with Gasteiger partial charge in [-0.3, -0.25) is 0 Å². The number of nitrogens with zero attached hydrogens (tertiary/aromatic N) is 3. The van der Waals surface area contributed by atoms with Crippen LogP contribution in [0.4, 0.5) is 4.39 Å². The summed E-state index contributed by atoms with van der Waals surface area (Å²) >= 11 is 9.19. The van der Waals surface area contributed by atoms with Gasteiger partial charge in [-0.2, -0.15) is 5.10 Å². The summed E-state index contributed by atoms with van der Waals surface area (Å²) in [6, 6.07) is 4.67. The molecule has 0 bridgehead atoms. The lowest BCUT2D eigenvalue weighted by atomic mass is 10.3. The van der Waals surface area contributed by atoms with Crippen LogP contribution in [-0.2, 0) is 9.53 Å². The van der Waals surface area contributed by atoms with Gasteiger partial charge >= 0.3 is 5.97 Å². The van der Waals surface area contributed by atoms with Crippen LogP contribution in [0, 0.1) is 0 Å². The van der Waals surface area contributed by atoms with E-state index in [2.05, 4.69) is 30.7 Å². The van der Waals surface area contributed by atoms with Crippen LogP contribution in [0.25, 0.3) is 11.6 Å². The summed E-state index contributed by atoms with van der Waals surface area (Å²) in [7, 11) is 0. The van der Waals surface area contributed by atoms with Crippen LogP contribution in [0.1, 0.15) is 12.6 Å². The smallest absolute Gasteiger partial charge is 0.333 e. The highest BCUT2D eigenvalue weighted by atomic mass is 79.9. The van der Waals surface area contributed by atoms with E-state index in [4.69, 9.17) is 11.6 Å². The second-order valence-corrected chi connectivity index (χ2v) is 5.04. The molecule has 0 aliphatic carbocycles. The maximum Gasteiger partial charge on any atom is 0.333 e. The zero-order valence-electron chi connectivity index (χ0n) is 10.9. The molecule has 2 aromatic rings. The molecule has 2 aromatic heterocycles.